The molecule has 0 heterocycles. The molecule has 0 aliphatic rings. The number of benzene rings is 3. The fraction of sp³-hybridized carbons (Fsp3) is 0.174. The highest BCUT2D eigenvalue weighted by atomic mass is 32.2. The van der Waals surface area contributed by atoms with Crippen molar-refractivity contribution in [2.75, 3.05) is 19.5 Å². The second kappa shape index (κ2) is 9.63. The zero-order valence-corrected chi connectivity index (χ0v) is 18.3. The smallest absolute Gasteiger partial charge is 0.241 e. The molecule has 0 fully saturated rings. The van der Waals surface area contributed by atoms with Crippen LogP contribution in [0, 0.1) is 0 Å². The van der Waals surface area contributed by atoms with E-state index in [4.69, 9.17) is 9.47 Å². The molecule has 3 aromatic carbocycles. The lowest BCUT2D eigenvalue weighted by Crippen LogP contribution is -2.29. The van der Waals surface area contributed by atoms with Crippen molar-refractivity contribution in [2.45, 2.75) is 17.9 Å². The van der Waals surface area contributed by atoms with Crippen molar-refractivity contribution >= 4 is 21.6 Å². The number of amides is 1. The van der Waals surface area contributed by atoms with Crippen LogP contribution in [-0.4, -0.2) is 28.5 Å². The van der Waals surface area contributed by atoms with Gasteiger partial charge in [-0.3, -0.25) is 4.79 Å². The lowest BCUT2D eigenvalue weighted by molar-refractivity contribution is -0.114. The van der Waals surface area contributed by atoms with E-state index in [0.29, 0.717) is 11.5 Å². The maximum atomic E-state index is 13.3. The summed E-state index contributed by atoms with van der Waals surface area (Å²) in [6.45, 7) is 1.34. The number of hydrogen-bond donors (Lipinski definition) is 2. The summed E-state index contributed by atoms with van der Waals surface area (Å²) in [5, 5.41) is 2.60. The van der Waals surface area contributed by atoms with Crippen LogP contribution in [0.15, 0.2) is 77.7 Å². The van der Waals surface area contributed by atoms with Crippen molar-refractivity contribution < 1.29 is 22.7 Å². The minimum Gasteiger partial charge on any atom is -0.497 e. The Kier molecular flexibility index (Phi) is 6.94. The molecule has 0 unspecified atom stereocenters. The quantitative estimate of drug-likeness (QED) is 0.557. The van der Waals surface area contributed by atoms with Gasteiger partial charge in [-0.25, -0.2) is 8.42 Å². The summed E-state index contributed by atoms with van der Waals surface area (Å²) in [4.78, 5) is 11.5. The summed E-state index contributed by atoms with van der Waals surface area (Å²) >= 11 is 0. The van der Waals surface area contributed by atoms with Gasteiger partial charge in [0.15, 0.2) is 0 Å². The van der Waals surface area contributed by atoms with Gasteiger partial charge in [0.25, 0.3) is 0 Å². The van der Waals surface area contributed by atoms with Crippen LogP contribution in [0.3, 0.4) is 0 Å². The Morgan fingerprint density at radius 2 is 1.52 bits per heavy atom. The fourth-order valence-corrected chi connectivity index (χ4v) is 4.37. The molecule has 0 aliphatic carbocycles. The summed E-state index contributed by atoms with van der Waals surface area (Å²) in [5.41, 5.74) is 1.82. The maximum absolute atomic E-state index is 13.3. The highest BCUT2D eigenvalue weighted by Gasteiger charge is 2.24. The van der Waals surface area contributed by atoms with Crippen molar-refractivity contribution in [3.05, 3.63) is 83.9 Å². The molecule has 8 heteroatoms. The molecular formula is C23H24N2O5S. The van der Waals surface area contributed by atoms with Gasteiger partial charge >= 0.3 is 0 Å². The Morgan fingerprint density at radius 3 is 2.10 bits per heavy atom. The Morgan fingerprint density at radius 1 is 0.871 bits per heavy atom. The molecular weight excluding hydrogens is 416 g/mol. The second-order valence-electron chi connectivity index (χ2n) is 6.78. The third-order valence-electron chi connectivity index (χ3n) is 4.65. The van der Waals surface area contributed by atoms with Gasteiger partial charge in [0, 0.05) is 6.92 Å². The molecule has 0 bridgehead atoms. The molecule has 0 radical (unpaired) electrons. The number of carbonyl (C=O) groups excluding carboxylic acids is 1. The molecule has 0 saturated heterocycles. The number of carbonyl (C=O) groups is 1. The average Bonchev–Trinajstić information content (AvgIpc) is 2.78. The van der Waals surface area contributed by atoms with Gasteiger partial charge in [-0.2, -0.15) is 4.72 Å². The Balaban J connectivity index is 2.01. The molecule has 31 heavy (non-hydrogen) atoms. The van der Waals surface area contributed by atoms with Gasteiger partial charge in [0.1, 0.15) is 11.5 Å². The van der Waals surface area contributed by atoms with Crippen LogP contribution in [0.4, 0.5) is 5.69 Å². The van der Waals surface area contributed by atoms with E-state index in [2.05, 4.69) is 10.0 Å². The van der Waals surface area contributed by atoms with Crippen LogP contribution in [0.25, 0.3) is 0 Å². The first-order chi connectivity index (χ1) is 14.8. The van der Waals surface area contributed by atoms with Gasteiger partial charge < -0.3 is 14.8 Å². The third kappa shape index (κ3) is 5.42. The SMILES string of the molecule is COc1ccc([C@@H](NS(=O)(=O)c2ccc(OC)c(NC(C)=O)c2)c2ccccc2)cc1. The minimum atomic E-state index is -3.94. The van der Waals surface area contributed by atoms with E-state index < -0.39 is 16.1 Å². The van der Waals surface area contributed by atoms with Crippen LogP contribution >= 0.6 is 0 Å². The van der Waals surface area contributed by atoms with Gasteiger partial charge in [0.2, 0.25) is 15.9 Å². The summed E-state index contributed by atoms with van der Waals surface area (Å²) in [7, 11) is -0.924. The number of sulfonamides is 1. The van der Waals surface area contributed by atoms with E-state index in [1.807, 2.05) is 42.5 Å². The van der Waals surface area contributed by atoms with Crippen molar-refractivity contribution in [1.29, 1.82) is 0 Å². The molecule has 2 N–H and O–H groups in total. The Hall–Kier alpha value is -3.36. The molecule has 0 saturated carbocycles. The largest absolute Gasteiger partial charge is 0.497 e. The predicted octanol–water partition coefficient (Wildman–Crippen LogP) is 3.73. The van der Waals surface area contributed by atoms with Crippen molar-refractivity contribution in [2.24, 2.45) is 0 Å². The number of methoxy groups -OCH3 is 2. The highest BCUT2D eigenvalue weighted by molar-refractivity contribution is 7.89. The summed E-state index contributed by atoms with van der Waals surface area (Å²) in [6, 6.07) is 20.2. The Bertz CT molecular complexity index is 1150. The van der Waals surface area contributed by atoms with Crippen LogP contribution in [0.5, 0.6) is 11.5 Å². The molecule has 0 aromatic heterocycles. The average molecular weight is 441 g/mol. The van der Waals surface area contributed by atoms with Crippen molar-refractivity contribution in [3.8, 4) is 11.5 Å². The van der Waals surface area contributed by atoms with E-state index in [1.165, 1.54) is 32.2 Å². The van der Waals surface area contributed by atoms with E-state index in [-0.39, 0.29) is 16.5 Å². The molecule has 3 aromatic rings. The van der Waals surface area contributed by atoms with E-state index >= 15 is 0 Å². The lowest BCUT2D eigenvalue weighted by Gasteiger charge is -2.21. The zero-order valence-electron chi connectivity index (χ0n) is 17.5. The molecule has 0 spiro atoms. The predicted molar refractivity (Wildman–Crippen MR) is 119 cm³/mol. The molecule has 3 rings (SSSR count). The first-order valence-electron chi connectivity index (χ1n) is 9.51. The molecule has 0 aliphatic heterocycles. The van der Waals surface area contributed by atoms with E-state index in [0.717, 1.165) is 11.1 Å². The summed E-state index contributed by atoms with van der Waals surface area (Å²) in [5.74, 6) is 0.707. The van der Waals surface area contributed by atoms with E-state index in [9.17, 15) is 13.2 Å². The van der Waals surface area contributed by atoms with Crippen LogP contribution in [0.1, 0.15) is 24.1 Å². The molecule has 162 valence electrons. The number of rotatable bonds is 8. The zero-order chi connectivity index (χ0) is 22.4. The summed E-state index contributed by atoms with van der Waals surface area (Å²) < 4.78 is 39.7. The Labute approximate surface area is 182 Å². The number of hydrogen-bond acceptors (Lipinski definition) is 5. The number of ether oxygens (including phenoxy) is 2. The number of anilines is 1. The molecule has 7 nitrogen and oxygen atoms in total. The summed E-state index contributed by atoms with van der Waals surface area (Å²) in [6.07, 6.45) is 0. The van der Waals surface area contributed by atoms with Crippen LogP contribution in [-0.2, 0) is 14.8 Å². The number of nitrogens with one attached hydrogen (secondary N) is 2. The van der Waals surface area contributed by atoms with Gasteiger partial charge in [0.05, 0.1) is 30.8 Å². The van der Waals surface area contributed by atoms with Crippen molar-refractivity contribution in [1.82, 2.24) is 4.72 Å². The topological polar surface area (TPSA) is 93.7 Å². The van der Waals surface area contributed by atoms with Crippen LogP contribution < -0.4 is 19.5 Å². The molecule has 1 atom stereocenters. The minimum absolute atomic E-state index is 0.00601. The normalized spacial score (nSPS) is 12.1. The fourth-order valence-electron chi connectivity index (χ4n) is 3.14. The maximum Gasteiger partial charge on any atom is 0.241 e. The lowest BCUT2D eigenvalue weighted by atomic mass is 10.00. The monoisotopic (exact) mass is 440 g/mol. The van der Waals surface area contributed by atoms with Gasteiger partial charge in [-0.05, 0) is 41.5 Å². The van der Waals surface area contributed by atoms with E-state index in [1.54, 1.807) is 19.2 Å². The third-order valence-corrected chi connectivity index (χ3v) is 6.07. The first kappa shape index (κ1) is 22.3. The van der Waals surface area contributed by atoms with Gasteiger partial charge in [-0.1, -0.05) is 42.5 Å². The standard InChI is InChI=1S/C23H24N2O5S/c1-16(26)24-21-15-20(13-14-22(21)30-3)31(27,28)25-23(17-7-5-4-6-8-17)18-9-11-19(29-2)12-10-18/h4-15,23,25H,1-3H3,(H,24,26)/t23-/m0/s1. The second-order valence-corrected chi connectivity index (χ2v) is 8.50. The highest BCUT2D eigenvalue weighted by Crippen LogP contribution is 2.30. The van der Waals surface area contributed by atoms with Crippen molar-refractivity contribution in [3.63, 3.8) is 0 Å². The molecule has 1 amide bonds. The van der Waals surface area contributed by atoms with Crippen LogP contribution in [0.2, 0.25) is 0 Å². The van der Waals surface area contributed by atoms with Gasteiger partial charge in [-0.15, -0.1) is 0 Å². The first-order valence-corrected chi connectivity index (χ1v) is 11.0.